The monoisotopic (exact) mass is 481 g/mol. The zero-order valence-electron chi connectivity index (χ0n) is 16.5. The molecule has 0 saturated heterocycles. The molecule has 0 bridgehead atoms. The molecule has 0 spiro atoms. The Kier molecular flexibility index (Phi) is 6.97. The molecule has 1 amide bonds. The molecule has 3 rings (SSSR count). The Labute approximate surface area is 178 Å². The number of nitrogens with two attached hydrogens (primary N) is 1. The second-order valence-electron chi connectivity index (χ2n) is 6.79. The number of nitrogens with zero attached hydrogens (tertiary/aromatic N) is 4. The summed E-state index contributed by atoms with van der Waals surface area (Å²) in [6.07, 6.45) is 3.10. The number of benzene rings is 1. The first-order chi connectivity index (χ1) is 14.3. The van der Waals surface area contributed by atoms with Crippen LogP contribution in [-0.4, -0.2) is 41.2 Å². The molecule has 30 heavy (non-hydrogen) atoms. The molecule has 11 heteroatoms. The van der Waals surface area contributed by atoms with Crippen LogP contribution in [0.15, 0.2) is 18.3 Å². The summed E-state index contributed by atoms with van der Waals surface area (Å²) in [4.78, 5) is 24.6. The van der Waals surface area contributed by atoms with Gasteiger partial charge in [0.05, 0.1) is 0 Å². The molecule has 0 saturated carbocycles. The molecule has 1 atom stereocenters. The van der Waals surface area contributed by atoms with E-state index >= 15 is 0 Å². The molecule has 0 aliphatic carbocycles. The van der Waals surface area contributed by atoms with Crippen molar-refractivity contribution >= 4 is 49.1 Å². The van der Waals surface area contributed by atoms with E-state index in [-0.39, 0.29) is 34.2 Å². The SMILES string of the molecule is CCC[As]c1ncc2nc(Nc3c(F)cc(F)cc3F)n([C@@H](C)CCC(N)=O)c2n1. The molecule has 7 nitrogen and oxygen atoms in total. The molecule has 0 aliphatic heterocycles. The quantitative estimate of drug-likeness (QED) is 0.458. The fourth-order valence-corrected chi connectivity index (χ4v) is 4.46. The van der Waals surface area contributed by atoms with Crippen molar-refractivity contribution in [3.63, 3.8) is 0 Å². The third-order valence-corrected chi connectivity index (χ3v) is 6.84. The molecule has 1 radical (unpaired) electrons. The van der Waals surface area contributed by atoms with Gasteiger partial charge in [0.25, 0.3) is 0 Å². The van der Waals surface area contributed by atoms with E-state index in [0.717, 1.165) is 16.2 Å². The summed E-state index contributed by atoms with van der Waals surface area (Å²) in [5.41, 5.74) is 5.67. The first kappa shape index (κ1) is 22.1. The van der Waals surface area contributed by atoms with E-state index in [0.29, 0.717) is 29.7 Å². The number of aromatic nitrogens is 4. The number of primary amides is 1. The van der Waals surface area contributed by atoms with Crippen LogP contribution in [0, 0.1) is 17.5 Å². The molecule has 0 fully saturated rings. The summed E-state index contributed by atoms with van der Waals surface area (Å²) in [7, 11) is 0. The van der Waals surface area contributed by atoms with Crippen LogP contribution in [0.25, 0.3) is 11.2 Å². The van der Waals surface area contributed by atoms with E-state index in [1.807, 2.05) is 6.92 Å². The van der Waals surface area contributed by atoms with Crippen LogP contribution >= 0.6 is 0 Å². The summed E-state index contributed by atoms with van der Waals surface area (Å²) in [6, 6.07) is 0.865. The summed E-state index contributed by atoms with van der Waals surface area (Å²) < 4.78 is 44.0. The molecule has 0 aliphatic rings. The Morgan fingerprint density at radius 3 is 2.60 bits per heavy atom. The minimum atomic E-state index is -1.09. The minimum absolute atomic E-state index is 0.115. The Morgan fingerprint density at radius 2 is 1.97 bits per heavy atom. The number of anilines is 2. The average Bonchev–Trinajstić information content (AvgIpc) is 3.04. The zero-order valence-corrected chi connectivity index (χ0v) is 18.4. The third-order valence-electron chi connectivity index (χ3n) is 4.39. The van der Waals surface area contributed by atoms with Crippen molar-refractivity contribution in [1.82, 2.24) is 19.5 Å². The Balaban J connectivity index is 2.07. The standard InChI is InChI=1S/C19H21AsF3N6O/c1-3-6-20-18-25-9-14-17(28-18)29(10(2)4-5-15(24)30)19(26-14)27-16-12(22)7-11(21)8-13(16)23/h7-10H,3-6H2,1-2H3,(H2,24,30)(H,26,27)/t10-/m0/s1. The van der Waals surface area contributed by atoms with Crippen LogP contribution in [0.4, 0.5) is 24.8 Å². The van der Waals surface area contributed by atoms with Crippen molar-refractivity contribution in [2.75, 3.05) is 5.32 Å². The van der Waals surface area contributed by atoms with E-state index in [1.165, 1.54) is 0 Å². The van der Waals surface area contributed by atoms with E-state index in [4.69, 9.17) is 5.73 Å². The number of hydrogen-bond acceptors (Lipinski definition) is 5. The van der Waals surface area contributed by atoms with Gasteiger partial charge in [-0.25, -0.2) is 0 Å². The fourth-order valence-electron chi connectivity index (χ4n) is 2.93. The van der Waals surface area contributed by atoms with Crippen LogP contribution in [0.5, 0.6) is 0 Å². The van der Waals surface area contributed by atoms with Crippen molar-refractivity contribution in [2.24, 2.45) is 5.73 Å². The van der Waals surface area contributed by atoms with Crippen molar-refractivity contribution in [3.05, 3.63) is 35.8 Å². The van der Waals surface area contributed by atoms with Gasteiger partial charge in [0.1, 0.15) is 0 Å². The Bertz CT molecular complexity index is 1050. The van der Waals surface area contributed by atoms with Gasteiger partial charge in [-0.2, -0.15) is 0 Å². The predicted octanol–water partition coefficient (Wildman–Crippen LogP) is 2.97. The molecule has 159 valence electrons. The Morgan fingerprint density at radius 1 is 1.27 bits per heavy atom. The number of nitrogens with one attached hydrogen (secondary N) is 1. The molecule has 3 N–H and O–H groups in total. The van der Waals surface area contributed by atoms with Gasteiger partial charge in [-0.05, 0) is 0 Å². The van der Waals surface area contributed by atoms with Crippen LogP contribution in [0.2, 0.25) is 5.21 Å². The number of carbonyl (C=O) groups is 1. The second-order valence-corrected chi connectivity index (χ2v) is 9.23. The first-order valence-electron chi connectivity index (χ1n) is 9.42. The van der Waals surface area contributed by atoms with Gasteiger partial charge in [0, 0.05) is 0 Å². The van der Waals surface area contributed by atoms with E-state index in [2.05, 4.69) is 27.2 Å². The summed E-state index contributed by atoms with van der Waals surface area (Å²) in [6.45, 7) is 3.91. The Hall–Kier alpha value is -2.61. The van der Waals surface area contributed by atoms with Crippen LogP contribution in [0.3, 0.4) is 0 Å². The van der Waals surface area contributed by atoms with Gasteiger partial charge in [0.15, 0.2) is 0 Å². The summed E-state index contributed by atoms with van der Waals surface area (Å²) in [5.74, 6) is -3.54. The van der Waals surface area contributed by atoms with Gasteiger partial charge in [0.2, 0.25) is 0 Å². The zero-order chi connectivity index (χ0) is 21.8. The average molecular weight is 481 g/mol. The normalized spacial score (nSPS) is 12.7. The molecule has 3 aromatic rings. The molecule has 2 aromatic heterocycles. The summed E-state index contributed by atoms with van der Waals surface area (Å²) >= 11 is -0.218. The topological polar surface area (TPSA) is 98.7 Å². The molecule has 2 heterocycles. The van der Waals surface area contributed by atoms with Crippen LogP contribution in [0.1, 0.15) is 39.2 Å². The van der Waals surface area contributed by atoms with Crippen molar-refractivity contribution in [3.8, 4) is 0 Å². The summed E-state index contributed by atoms with van der Waals surface area (Å²) in [5, 5.41) is 3.62. The second kappa shape index (κ2) is 9.47. The number of halogens is 3. The van der Waals surface area contributed by atoms with Crippen LogP contribution in [-0.2, 0) is 4.79 Å². The molecular formula is C19H21AsF3N6O. The van der Waals surface area contributed by atoms with Gasteiger partial charge in [-0.15, -0.1) is 0 Å². The molecular weight excluding hydrogens is 460 g/mol. The maximum absolute atomic E-state index is 14.2. The number of hydrogen-bond donors (Lipinski definition) is 2. The number of rotatable bonds is 9. The van der Waals surface area contributed by atoms with Gasteiger partial charge in [-0.3, -0.25) is 0 Å². The van der Waals surface area contributed by atoms with Crippen molar-refractivity contribution in [1.29, 1.82) is 0 Å². The van der Waals surface area contributed by atoms with Gasteiger partial charge in [-0.1, -0.05) is 0 Å². The number of carbonyl (C=O) groups excluding carboxylic acids is 1. The molecule has 1 aromatic carbocycles. The molecule has 0 unspecified atom stereocenters. The van der Waals surface area contributed by atoms with E-state index in [9.17, 15) is 18.0 Å². The van der Waals surface area contributed by atoms with Gasteiger partial charge >= 0.3 is 178 Å². The van der Waals surface area contributed by atoms with Gasteiger partial charge < -0.3 is 0 Å². The van der Waals surface area contributed by atoms with E-state index in [1.54, 1.807) is 10.8 Å². The number of fused-ring (bicyclic) bond motifs is 1. The third kappa shape index (κ3) is 4.92. The van der Waals surface area contributed by atoms with E-state index < -0.39 is 29.0 Å². The maximum atomic E-state index is 14.2. The predicted molar refractivity (Wildman–Crippen MR) is 109 cm³/mol. The first-order valence-corrected chi connectivity index (χ1v) is 11.7. The number of imidazole rings is 1. The number of amides is 1. The van der Waals surface area contributed by atoms with Crippen LogP contribution < -0.4 is 15.7 Å². The van der Waals surface area contributed by atoms with Crippen molar-refractivity contribution in [2.45, 2.75) is 44.4 Å². The van der Waals surface area contributed by atoms with Crippen molar-refractivity contribution < 1.29 is 18.0 Å². The fraction of sp³-hybridized carbons (Fsp3) is 0.368.